The first kappa shape index (κ1) is 16.3. The number of allylic oxidation sites excluding steroid dienone is 1. The number of aryl methyl sites for hydroxylation is 1. The van der Waals surface area contributed by atoms with E-state index in [1.54, 1.807) is 6.08 Å². The lowest BCUT2D eigenvalue weighted by molar-refractivity contribution is 0.327. The Morgan fingerprint density at radius 2 is 1.76 bits per heavy atom. The van der Waals surface area contributed by atoms with Gasteiger partial charge in [0.05, 0.1) is 6.33 Å². The van der Waals surface area contributed by atoms with Crippen LogP contribution in [0.2, 0.25) is 0 Å². The molecule has 0 spiro atoms. The Labute approximate surface area is 129 Å². The normalized spacial score (nSPS) is 22.8. The molecule has 0 N–H and O–H groups in total. The van der Waals surface area contributed by atoms with E-state index >= 15 is 0 Å². The van der Waals surface area contributed by atoms with E-state index in [2.05, 4.69) is 31.2 Å². The first-order valence-corrected chi connectivity index (χ1v) is 8.67. The minimum Gasteiger partial charge on any atom is -0.216 e. The molecule has 1 heteroatoms. The number of rotatable bonds is 7. The van der Waals surface area contributed by atoms with Gasteiger partial charge in [-0.05, 0) is 67.9 Å². The zero-order valence-electron chi connectivity index (χ0n) is 13.4. The second-order valence-electron chi connectivity index (χ2n) is 6.51. The molecule has 0 amide bonds. The van der Waals surface area contributed by atoms with Gasteiger partial charge in [0.1, 0.15) is 0 Å². The average molecular weight is 288 g/mol. The monoisotopic (exact) mass is 288 g/mol. The summed E-state index contributed by atoms with van der Waals surface area (Å²) in [4.78, 5) is 0. The molecule has 0 atom stereocenters. The first-order chi connectivity index (χ1) is 10.3. The van der Waals surface area contributed by atoms with Gasteiger partial charge < -0.3 is 0 Å². The Morgan fingerprint density at radius 1 is 1.05 bits per heavy atom. The van der Waals surface area contributed by atoms with Gasteiger partial charge in [0.25, 0.3) is 0 Å². The summed E-state index contributed by atoms with van der Waals surface area (Å²) in [5.41, 5.74) is 2.99. The van der Waals surface area contributed by atoms with E-state index in [9.17, 15) is 4.39 Å². The molecule has 1 saturated carbocycles. The van der Waals surface area contributed by atoms with Gasteiger partial charge in [0, 0.05) is 0 Å². The summed E-state index contributed by atoms with van der Waals surface area (Å²) in [5.74, 6) is 1.42. The third kappa shape index (κ3) is 5.30. The van der Waals surface area contributed by atoms with Crippen molar-refractivity contribution in [3.8, 4) is 0 Å². The van der Waals surface area contributed by atoms with Crippen molar-refractivity contribution in [2.24, 2.45) is 5.92 Å². The van der Waals surface area contributed by atoms with E-state index in [-0.39, 0.29) is 0 Å². The van der Waals surface area contributed by atoms with Crippen LogP contribution in [0.1, 0.15) is 75.3 Å². The van der Waals surface area contributed by atoms with Crippen molar-refractivity contribution in [2.75, 3.05) is 0 Å². The number of hydrogen-bond acceptors (Lipinski definition) is 0. The molecule has 0 radical (unpaired) electrons. The van der Waals surface area contributed by atoms with Crippen LogP contribution in [0.4, 0.5) is 4.39 Å². The van der Waals surface area contributed by atoms with E-state index in [1.165, 1.54) is 62.5 Å². The van der Waals surface area contributed by atoms with Crippen LogP contribution in [0, 0.1) is 5.92 Å². The molecule has 0 heterocycles. The molecular weight excluding hydrogens is 259 g/mol. The van der Waals surface area contributed by atoms with Crippen LogP contribution in [0.25, 0.3) is 0 Å². The lowest BCUT2D eigenvalue weighted by atomic mass is 9.77. The van der Waals surface area contributed by atoms with Gasteiger partial charge in [-0.15, -0.1) is 0 Å². The van der Waals surface area contributed by atoms with Gasteiger partial charge in [-0.25, -0.2) is 4.39 Å². The standard InChI is InChI=1S/C20H29F/c1-2-3-4-6-17-8-12-19(13-9-17)20-14-10-18(11-15-20)7-5-16-21/h5,8-9,12-13,16,18,20H,2-4,6-7,10-11,14-15H2,1H3/b16-5+/t18-,20-. The Kier molecular flexibility index (Phi) is 6.99. The molecule has 1 aliphatic carbocycles. The highest BCUT2D eigenvalue weighted by atomic mass is 19.1. The zero-order valence-corrected chi connectivity index (χ0v) is 13.4. The maximum Gasteiger partial charge on any atom is 0.0827 e. The van der Waals surface area contributed by atoms with Crippen LogP contribution in [-0.4, -0.2) is 0 Å². The smallest absolute Gasteiger partial charge is 0.0827 e. The van der Waals surface area contributed by atoms with Gasteiger partial charge in [0.15, 0.2) is 0 Å². The van der Waals surface area contributed by atoms with Gasteiger partial charge in [0.2, 0.25) is 0 Å². The largest absolute Gasteiger partial charge is 0.216 e. The number of halogens is 1. The van der Waals surface area contributed by atoms with Crippen molar-refractivity contribution in [2.45, 2.75) is 70.6 Å². The number of benzene rings is 1. The molecule has 2 rings (SSSR count). The van der Waals surface area contributed by atoms with Crippen LogP contribution >= 0.6 is 0 Å². The quantitative estimate of drug-likeness (QED) is 0.498. The summed E-state index contributed by atoms with van der Waals surface area (Å²) in [6.45, 7) is 2.25. The Bertz CT molecular complexity index is 410. The minimum absolute atomic E-state index is 0.696. The molecule has 1 fully saturated rings. The van der Waals surface area contributed by atoms with Crippen molar-refractivity contribution < 1.29 is 4.39 Å². The molecule has 21 heavy (non-hydrogen) atoms. The molecule has 1 aromatic rings. The molecule has 0 aromatic heterocycles. The van der Waals surface area contributed by atoms with Crippen molar-refractivity contribution >= 4 is 0 Å². The highest BCUT2D eigenvalue weighted by Gasteiger charge is 2.21. The van der Waals surface area contributed by atoms with Gasteiger partial charge in [-0.3, -0.25) is 0 Å². The summed E-state index contributed by atoms with van der Waals surface area (Å²) >= 11 is 0. The first-order valence-electron chi connectivity index (χ1n) is 8.67. The predicted molar refractivity (Wildman–Crippen MR) is 89.2 cm³/mol. The maximum atomic E-state index is 12.1. The van der Waals surface area contributed by atoms with Crippen LogP contribution in [0.15, 0.2) is 36.7 Å². The Morgan fingerprint density at radius 3 is 2.38 bits per heavy atom. The van der Waals surface area contributed by atoms with Crippen LogP contribution in [-0.2, 0) is 6.42 Å². The van der Waals surface area contributed by atoms with E-state index in [0.29, 0.717) is 12.2 Å². The molecule has 0 bridgehead atoms. The lowest BCUT2D eigenvalue weighted by Crippen LogP contribution is -2.12. The number of unbranched alkanes of at least 4 members (excludes halogenated alkanes) is 2. The Balaban J connectivity index is 1.80. The molecule has 0 unspecified atom stereocenters. The van der Waals surface area contributed by atoms with Crippen LogP contribution < -0.4 is 0 Å². The minimum atomic E-state index is 0.696. The van der Waals surface area contributed by atoms with Crippen molar-refractivity contribution in [1.29, 1.82) is 0 Å². The second-order valence-corrected chi connectivity index (χ2v) is 6.51. The predicted octanol–water partition coefficient (Wildman–Crippen LogP) is 6.57. The highest BCUT2D eigenvalue weighted by molar-refractivity contribution is 5.26. The topological polar surface area (TPSA) is 0 Å². The van der Waals surface area contributed by atoms with Gasteiger partial charge in [-0.1, -0.05) is 50.1 Å². The van der Waals surface area contributed by atoms with E-state index in [1.807, 2.05) is 0 Å². The van der Waals surface area contributed by atoms with Gasteiger partial charge >= 0.3 is 0 Å². The third-order valence-corrected chi connectivity index (χ3v) is 4.93. The van der Waals surface area contributed by atoms with Crippen molar-refractivity contribution in [1.82, 2.24) is 0 Å². The SMILES string of the molecule is CCCCCc1ccc([C@H]2CC[C@H](C/C=C/F)CC2)cc1. The molecule has 1 aliphatic rings. The Hall–Kier alpha value is -1.11. The lowest BCUT2D eigenvalue weighted by Gasteiger charge is -2.28. The summed E-state index contributed by atoms with van der Waals surface area (Å²) in [7, 11) is 0. The molecule has 0 aliphatic heterocycles. The second kappa shape index (κ2) is 9.02. The van der Waals surface area contributed by atoms with Crippen molar-refractivity contribution in [3.63, 3.8) is 0 Å². The molecule has 0 saturated heterocycles. The average Bonchev–Trinajstić information content (AvgIpc) is 2.54. The van der Waals surface area contributed by atoms with E-state index in [0.717, 1.165) is 12.3 Å². The van der Waals surface area contributed by atoms with E-state index in [4.69, 9.17) is 0 Å². The fraction of sp³-hybridized carbons (Fsp3) is 0.600. The summed E-state index contributed by atoms with van der Waals surface area (Å²) in [6, 6.07) is 9.33. The third-order valence-electron chi connectivity index (χ3n) is 4.93. The fourth-order valence-corrected chi connectivity index (χ4v) is 3.51. The van der Waals surface area contributed by atoms with Crippen LogP contribution in [0.5, 0.6) is 0 Å². The molecule has 116 valence electrons. The van der Waals surface area contributed by atoms with E-state index < -0.39 is 0 Å². The van der Waals surface area contributed by atoms with Crippen LogP contribution in [0.3, 0.4) is 0 Å². The summed E-state index contributed by atoms with van der Waals surface area (Å²) in [6.07, 6.45) is 13.5. The fourth-order valence-electron chi connectivity index (χ4n) is 3.51. The maximum absolute atomic E-state index is 12.1. The number of hydrogen-bond donors (Lipinski definition) is 0. The zero-order chi connectivity index (χ0) is 14.9. The molecule has 0 nitrogen and oxygen atoms in total. The van der Waals surface area contributed by atoms with Crippen molar-refractivity contribution in [3.05, 3.63) is 47.8 Å². The highest BCUT2D eigenvalue weighted by Crippen LogP contribution is 2.37. The molecular formula is C20H29F. The van der Waals surface area contributed by atoms with Gasteiger partial charge in [-0.2, -0.15) is 0 Å². The molecule has 1 aromatic carbocycles. The summed E-state index contributed by atoms with van der Waals surface area (Å²) in [5, 5.41) is 0. The summed E-state index contributed by atoms with van der Waals surface area (Å²) < 4.78 is 12.1.